The van der Waals surface area contributed by atoms with Gasteiger partial charge in [-0.05, 0) is 98.1 Å². The van der Waals surface area contributed by atoms with Crippen LogP contribution in [0, 0.1) is 29.1 Å². The average Bonchev–Trinajstić information content (AvgIpc) is 2.58. The highest BCUT2D eigenvalue weighted by molar-refractivity contribution is 5.93. The van der Waals surface area contributed by atoms with E-state index >= 15 is 0 Å². The summed E-state index contributed by atoms with van der Waals surface area (Å²) in [4.78, 5) is 11.6. The molecule has 1 aromatic carbocycles. The van der Waals surface area contributed by atoms with Crippen molar-refractivity contribution in [1.82, 2.24) is 5.32 Å². The van der Waals surface area contributed by atoms with Crippen LogP contribution in [-0.4, -0.2) is 13.0 Å². The largest absolute Gasteiger partial charge is 0.355 e. The van der Waals surface area contributed by atoms with Crippen LogP contribution in [0.2, 0.25) is 0 Å². The Kier molecular flexibility index (Phi) is 4.18. The molecule has 0 spiro atoms. The Hall–Kier alpha value is -1.31. The van der Waals surface area contributed by atoms with Gasteiger partial charge in [0, 0.05) is 12.6 Å². The molecule has 0 aliphatic heterocycles. The number of benzene rings is 1. The molecule has 5 rings (SSSR count). The summed E-state index contributed by atoms with van der Waals surface area (Å²) >= 11 is 0. The van der Waals surface area contributed by atoms with Gasteiger partial charge < -0.3 is 5.32 Å². The van der Waals surface area contributed by atoms with Crippen molar-refractivity contribution < 1.29 is 4.79 Å². The molecule has 0 radical (unpaired) electrons. The van der Waals surface area contributed by atoms with Crippen molar-refractivity contribution in [2.75, 3.05) is 7.05 Å². The number of amides is 1. The van der Waals surface area contributed by atoms with Crippen molar-refractivity contribution >= 4 is 5.91 Å². The lowest BCUT2D eigenvalue weighted by Gasteiger charge is -2.59. The summed E-state index contributed by atoms with van der Waals surface area (Å²) in [7, 11) is 1.68. The lowest BCUT2D eigenvalue weighted by Crippen LogP contribution is -2.49. The van der Waals surface area contributed by atoms with Crippen molar-refractivity contribution in [2.45, 2.75) is 58.3 Å². The second-order valence-corrected chi connectivity index (χ2v) is 9.00. The number of nitrogens with one attached hydrogen (secondary N) is 1. The second-order valence-electron chi connectivity index (χ2n) is 9.00. The van der Waals surface area contributed by atoms with E-state index < -0.39 is 0 Å². The summed E-state index contributed by atoms with van der Waals surface area (Å²) in [6, 6.07) is 8.20. The quantitative estimate of drug-likeness (QED) is 0.825. The van der Waals surface area contributed by atoms with Gasteiger partial charge in [-0.3, -0.25) is 4.79 Å². The van der Waals surface area contributed by atoms with E-state index in [1.54, 1.807) is 7.05 Å². The van der Waals surface area contributed by atoms with Gasteiger partial charge in [0.25, 0.3) is 5.91 Å². The standard InChI is InChI=1S/C22H31NO/c1-15(3-4-16-5-7-20(8-6-16)21(24)23-2)22-12-17-9-18(13-22)11-19(10-17)14-22/h5-8,15,17-19H,3-4,9-14H2,1-2H3,(H,23,24). The molecule has 4 aliphatic carbocycles. The van der Waals surface area contributed by atoms with Crippen LogP contribution < -0.4 is 5.32 Å². The first kappa shape index (κ1) is 16.2. The van der Waals surface area contributed by atoms with E-state index in [1.807, 2.05) is 12.1 Å². The highest BCUT2D eigenvalue weighted by Gasteiger charge is 2.52. The van der Waals surface area contributed by atoms with Crippen LogP contribution in [0.5, 0.6) is 0 Å². The van der Waals surface area contributed by atoms with Crippen LogP contribution in [0.25, 0.3) is 0 Å². The first-order valence-corrected chi connectivity index (χ1v) is 9.89. The second kappa shape index (κ2) is 6.20. The predicted molar refractivity (Wildman–Crippen MR) is 97.9 cm³/mol. The number of carbonyl (C=O) groups is 1. The maximum absolute atomic E-state index is 11.6. The minimum absolute atomic E-state index is 0.00323. The number of hydrogen-bond donors (Lipinski definition) is 1. The fraction of sp³-hybridized carbons (Fsp3) is 0.682. The summed E-state index contributed by atoms with van der Waals surface area (Å²) in [5, 5.41) is 2.69. The van der Waals surface area contributed by atoms with E-state index in [0.717, 1.165) is 35.7 Å². The molecule has 2 nitrogen and oxygen atoms in total. The summed E-state index contributed by atoms with van der Waals surface area (Å²) < 4.78 is 0. The molecule has 1 unspecified atom stereocenters. The Bertz CT molecular complexity index is 568. The minimum Gasteiger partial charge on any atom is -0.355 e. The molecule has 0 aromatic heterocycles. The summed E-state index contributed by atoms with van der Waals surface area (Å²) in [5.41, 5.74) is 2.80. The molecule has 2 heteroatoms. The van der Waals surface area contributed by atoms with Gasteiger partial charge in [0.1, 0.15) is 0 Å². The third-order valence-electron chi connectivity index (χ3n) is 7.44. The predicted octanol–water partition coefficient (Wildman–Crippen LogP) is 4.83. The van der Waals surface area contributed by atoms with Crippen LogP contribution >= 0.6 is 0 Å². The van der Waals surface area contributed by atoms with Gasteiger partial charge in [0.2, 0.25) is 0 Å². The zero-order valence-electron chi connectivity index (χ0n) is 15.2. The number of carbonyl (C=O) groups excluding carboxylic acids is 1. The highest BCUT2D eigenvalue weighted by atomic mass is 16.1. The van der Waals surface area contributed by atoms with Crippen molar-refractivity contribution in [3.05, 3.63) is 35.4 Å². The van der Waals surface area contributed by atoms with Crippen molar-refractivity contribution in [3.8, 4) is 0 Å². The SMILES string of the molecule is CNC(=O)c1ccc(CCC(C)C23CC4CC(CC(C4)C2)C3)cc1. The third-order valence-corrected chi connectivity index (χ3v) is 7.44. The lowest BCUT2D eigenvalue weighted by atomic mass is 9.46. The van der Waals surface area contributed by atoms with E-state index in [2.05, 4.69) is 24.4 Å². The Labute approximate surface area is 146 Å². The van der Waals surface area contributed by atoms with Crippen LogP contribution in [0.15, 0.2) is 24.3 Å². The van der Waals surface area contributed by atoms with Gasteiger partial charge in [0.15, 0.2) is 0 Å². The van der Waals surface area contributed by atoms with Gasteiger partial charge in [-0.1, -0.05) is 19.1 Å². The van der Waals surface area contributed by atoms with Crippen LogP contribution in [0.4, 0.5) is 0 Å². The van der Waals surface area contributed by atoms with E-state index in [9.17, 15) is 4.79 Å². The molecule has 1 N–H and O–H groups in total. The van der Waals surface area contributed by atoms with E-state index in [4.69, 9.17) is 0 Å². The number of rotatable bonds is 5. The average molecular weight is 325 g/mol. The molecule has 0 heterocycles. The summed E-state index contributed by atoms with van der Waals surface area (Å²) in [6.45, 7) is 2.52. The summed E-state index contributed by atoms with van der Waals surface area (Å²) in [5.74, 6) is 3.98. The van der Waals surface area contributed by atoms with Gasteiger partial charge >= 0.3 is 0 Å². The highest BCUT2D eigenvalue weighted by Crippen LogP contribution is 2.63. The van der Waals surface area contributed by atoms with Gasteiger partial charge in [-0.15, -0.1) is 0 Å². The number of aryl methyl sites for hydroxylation is 1. The zero-order valence-corrected chi connectivity index (χ0v) is 15.2. The lowest BCUT2D eigenvalue weighted by molar-refractivity contribution is -0.0846. The monoisotopic (exact) mass is 325 g/mol. The Morgan fingerprint density at radius 1 is 1.08 bits per heavy atom. The molecule has 0 saturated heterocycles. The smallest absolute Gasteiger partial charge is 0.251 e. The molecule has 1 atom stereocenters. The maximum atomic E-state index is 11.6. The van der Waals surface area contributed by atoms with Crippen molar-refractivity contribution in [2.24, 2.45) is 29.1 Å². The maximum Gasteiger partial charge on any atom is 0.251 e. The molecule has 1 aromatic rings. The Balaban J connectivity index is 1.38. The fourth-order valence-corrected chi connectivity index (χ4v) is 6.44. The van der Waals surface area contributed by atoms with E-state index in [1.165, 1.54) is 50.5 Å². The van der Waals surface area contributed by atoms with E-state index in [0.29, 0.717) is 5.41 Å². The van der Waals surface area contributed by atoms with Crippen molar-refractivity contribution in [3.63, 3.8) is 0 Å². The molecular formula is C22H31NO. The summed E-state index contributed by atoms with van der Waals surface area (Å²) in [6.07, 6.45) is 11.6. The van der Waals surface area contributed by atoms with Crippen molar-refractivity contribution in [1.29, 1.82) is 0 Å². The van der Waals surface area contributed by atoms with E-state index in [-0.39, 0.29) is 5.91 Å². The normalized spacial score (nSPS) is 35.0. The number of hydrogen-bond acceptors (Lipinski definition) is 1. The molecule has 4 fully saturated rings. The van der Waals surface area contributed by atoms with Crippen LogP contribution in [0.1, 0.15) is 67.8 Å². The van der Waals surface area contributed by atoms with Gasteiger partial charge in [-0.2, -0.15) is 0 Å². The molecular weight excluding hydrogens is 294 g/mol. The van der Waals surface area contributed by atoms with Crippen LogP contribution in [-0.2, 0) is 6.42 Å². The Morgan fingerprint density at radius 3 is 2.12 bits per heavy atom. The Morgan fingerprint density at radius 2 is 1.62 bits per heavy atom. The fourth-order valence-electron chi connectivity index (χ4n) is 6.44. The molecule has 4 bridgehead atoms. The first-order chi connectivity index (χ1) is 11.6. The minimum atomic E-state index is 0.00323. The molecule has 1 amide bonds. The zero-order chi connectivity index (χ0) is 16.7. The van der Waals surface area contributed by atoms with Gasteiger partial charge in [-0.25, -0.2) is 0 Å². The first-order valence-electron chi connectivity index (χ1n) is 9.89. The van der Waals surface area contributed by atoms with Crippen LogP contribution in [0.3, 0.4) is 0 Å². The molecule has 130 valence electrons. The van der Waals surface area contributed by atoms with Gasteiger partial charge in [0.05, 0.1) is 0 Å². The topological polar surface area (TPSA) is 29.1 Å². The molecule has 4 saturated carbocycles. The molecule has 4 aliphatic rings. The third kappa shape index (κ3) is 2.89. The molecule has 24 heavy (non-hydrogen) atoms.